The van der Waals surface area contributed by atoms with E-state index < -0.39 is 0 Å². The van der Waals surface area contributed by atoms with E-state index in [0.29, 0.717) is 23.1 Å². The van der Waals surface area contributed by atoms with E-state index in [2.05, 4.69) is 25.4 Å². The first kappa shape index (κ1) is 18.8. The molecule has 4 aromatic rings. The quantitative estimate of drug-likeness (QED) is 0.549. The minimum Gasteiger partial charge on any atom is -0.345 e. The molecule has 0 spiro atoms. The van der Waals surface area contributed by atoms with Crippen molar-refractivity contribution >= 4 is 17.5 Å². The molecule has 146 valence electrons. The number of imidazole rings is 1. The average molecular weight is 408 g/mol. The minimum absolute atomic E-state index is 0.0853. The maximum absolute atomic E-state index is 12.6. The van der Waals surface area contributed by atoms with Crippen molar-refractivity contribution in [1.29, 1.82) is 0 Å². The number of carbonyl (C=O) groups excluding carboxylic acids is 1. The molecule has 1 aromatic carbocycles. The Morgan fingerprint density at radius 1 is 1.10 bits per heavy atom. The number of hydrogen-bond donors (Lipinski definition) is 1. The van der Waals surface area contributed by atoms with Gasteiger partial charge in [-0.15, -0.1) is 5.10 Å². The fourth-order valence-corrected chi connectivity index (χ4v) is 3.14. The maximum Gasteiger partial charge on any atom is 0.291 e. The third-order valence-electron chi connectivity index (χ3n) is 4.39. The number of rotatable bonds is 5. The molecule has 0 atom stereocenters. The van der Waals surface area contributed by atoms with Gasteiger partial charge in [0.15, 0.2) is 0 Å². The van der Waals surface area contributed by atoms with E-state index in [1.54, 1.807) is 30.1 Å². The van der Waals surface area contributed by atoms with Crippen LogP contribution in [-0.2, 0) is 6.54 Å². The molecule has 0 saturated carbocycles. The molecule has 8 nitrogen and oxygen atoms in total. The van der Waals surface area contributed by atoms with Gasteiger partial charge in [-0.25, -0.2) is 19.6 Å². The highest BCUT2D eigenvalue weighted by Gasteiger charge is 2.16. The number of pyridine rings is 1. The van der Waals surface area contributed by atoms with Gasteiger partial charge >= 0.3 is 0 Å². The molecule has 0 radical (unpaired) electrons. The summed E-state index contributed by atoms with van der Waals surface area (Å²) >= 11 is 6.23. The number of aryl methyl sites for hydroxylation is 2. The standard InChI is InChI=1S/C20H18ClN7O/c1-13-22-9-10-27(13)18-11-15(7-8-23-18)12-24-20(29)19-25-14(2)28(26-19)17-6-4-3-5-16(17)21/h3-11H,12H2,1-2H3,(H,24,29). The molecule has 0 unspecified atom stereocenters. The van der Waals surface area contributed by atoms with E-state index in [-0.39, 0.29) is 11.7 Å². The number of amides is 1. The van der Waals surface area contributed by atoms with E-state index in [4.69, 9.17) is 11.6 Å². The first-order valence-electron chi connectivity index (χ1n) is 8.95. The van der Waals surface area contributed by atoms with Crippen molar-refractivity contribution in [2.75, 3.05) is 0 Å². The highest BCUT2D eigenvalue weighted by atomic mass is 35.5. The van der Waals surface area contributed by atoms with Crippen LogP contribution in [0.4, 0.5) is 0 Å². The molecule has 0 aliphatic carbocycles. The Kier molecular flexibility index (Phi) is 5.09. The van der Waals surface area contributed by atoms with E-state index in [1.165, 1.54) is 0 Å². The number of nitrogens with one attached hydrogen (secondary N) is 1. The summed E-state index contributed by atoms with van der Waals surface area (Å²) in [5.41, 5.74) is 1.58. The fraction of sp³-hybridized carbons (Fsp3) is 0.150. The van der Waals surface area contributed by atoms with Crippen molar-refractivity contribution in [1.82, 2.24) is 34.6 Å². The lowest BCUT2D eigenvalue weighted by atomic mass is 10.2. The topological polar surface area (TPSA) is 90.5 Å². The lowest BCUT2D eigenvalue weighted by Crippen LogP contribution is -2.24. The number of nitrogens with zero attached hydrogens (tertiary/aromatic N) is 6. The smallest absolute Gasteiger partial charge is 0.291 e. The predicted octanol–water partition coefficient (Wildman–Crippen LogP) is 3.05. The van der Waals surface area contributed by atoms with Gasteiger partial charge in [0.05, 0.1) is 10.7 Å². The summed E-state index contributed by atoms with van der Waals surface area (Å²) in [5.74, 6) is 1.87. The average Bonchev–Trinajstić information content (AvgIpc) is 3.32. The second kappa shape index (κ2) is 7.84. The molecule has 4 rings (SSSR count). The summed E-state index contributed by atoms with van der Waals surface area (Å²) in [4.78, 5) is 25.4. The van der Waals surface area contributed by atoms with Crippen LogP contribution in [0, 0.1) is 13.8 Å². The molecule has 0 saturated heterocycles. The number of halogens is 1. The third kappa shape index (κ3) is 3.88. The Labute approximate surface area is 172 Å². The summed E-state index contributed by atoms with van der Waals surface area (Å²) < 4.78 is 3.44. The lowest BCUT2D eigenvalue weighted by Gasteiger charge is -2.07. The molecule has 9 heteroatoms. The highest BCUT2D eigenvalue weighted by Crippen LogP contribution is 2.20. The van der Waals surface area contributed by atoms with Gasteiger partial charge in [0, 0.05) is 25.1 Å². The second-order valence-electron chi connectivity index (χ2n) is 6.40. The first-order valence-corrected chi connectivity index (χ1v) is 9.33. The Morgan fingerprint density at radius 3 is 2.69 bits per heavy atom. The fourth-order valence-electron chi connectivity index (χ4n) is 2.92. The second-order valence-corrected chi connectivity index (χ2v) is 6.80. The van der Waals surface area contributed by atoms with Crippen LogP contribution in [0.1, 0.15) is 27.8 Å². The summed E-state index contributed by atoms with van der Waals surface area (Å²) in [7, 11) is 0. The van der Waals surface area contributed by atoms with Gasteiger partial charge < -0.3 is 5.32 Å². The van der Waals surface area contributed by atoms with Gasteiger partial charge in [0.25, 0.3) is 5.91 Å². The zero-order valence-corrected chi connectivity index (χ0v) is 16.6. The molecule has 29 heavy (non-hydrogen) atoms. The van der Waals surface area contributed by atoms with E-state index in [0.717, 1.165) is 17.2 Å². The van der Waals surface area contributed by atoms with Gasteiger partial charge in [-0.05, 0) is 43.7 Å². The van der Waals surface area contributed by atoms with Gasteiger partial charge in [0.1, 0.15) is 17.5 Å². The van der Waals surface area contributed by atoms with Crippen LogP contribution in [0.25, 0.3) is 11.5 Å². The summed E-state index contributed by atoms with van der Waals surface area (Å²) in [6.45, 7) is 4.00. The SMILES string of the molecule is Cc1nccn1-c1cc(CNC(=O)c2nc(C)n(-c3ccccc3Cl)n2)ccn1. The Bertz CT molecular complexity index is 1180. The summed E-state index contributed by atoms with van der Waals surface area (Å²) in [6, 6.07) is 11.0. The molecule has 0 fully saturated rings. The summed E-state index contributed by atoms with van der Waals surface area (Å²) in [5, 5.41) is 7.69. The molecule has 0 bridgehead atoms. The van der Waals surface area contributed by atoms with Crippen LogP contribution in [0.2, 0.25) is 5.02 Å². The van der Waals surface area contributed by atoms with Crippen molar-refractivity contribution in [3.05, 3.63) is 83.0 Å². The normalized spacial score (nSPS) is 10.9. The molecule has 1 amide bonds. The van der Waals surface area contributed by atoms with Crippen molar-refractivity contribution < 1.29 is 4.79 Å². The van der Waals surface area contributed by atoms with Gasteiger partial charge in [-0.2, -0.15) is 0 Å². The van der Waals surface area contributed by atoms with Crippen molar-refractivity contribution in [3.63, 3.8) is 0 Å². The third-order valence-corrected chi connectivity index (χ3v) is 4.71. The van der Waals surface area contributed by atoms with Crippen molar-refractivity contribution in [2.45, 2.75) is 20.4 Å². The van der Waals surface area contributed by atoms with Crippen molar-refractivity contribution in [3.8, 4) is 11.5 Å². The number of hydrogen-bond acceptors (Lipinski definition) is 5. The lowest BCUT2D eigenvalue weighted by molar-refractivity contribution is 0.0940. The molecule has 0 aliphatic rings. The molecule has 3 heterocycles. The van der Waals surface area contributed by atoms with Gasteiger partial charge in [-0.3, -0.25) is 9.36 Å². The van der Waals surface area contributed by atoms with Crippen LogP contribution < -0.4 is 5.32 Å². The van der Waals surface area contributed by atoms with Crippen molar-refractivity contribution in [2.24, 2.45) is 0 Å². The Hall–Kier alpha value is -3.52. The minimum atomic E-state index is -0.365. The first-order chi connectivity index (χ1) is 14.0. The highest BCUT2D eigenvalue weighted by molar-refractivity contribution is 6.32. The molecule has 0 aliphatic heterocycles. The van der Waals surface area contributed by atoms with Gasteiger partial charge in [-0.1, -0.05) is 23.7 Å². The number of aromatic nitrogens is 6. The monoisotopic (exact) mass is 407 g/mol. The number of carbonyl (C=O) groups is 1. The van der Waals surface area contributed by atoms with Crippen LogP contribution in [0.15, 0.2) is 55.0 Å². The Morgan fingerprint density at radius 2 is 1.93 bits per heavy atom. The molecular formula is C20H18ClN7O. The zero-order valence-electron chi connectivity index (χ0n) is 15.9. The largest absolute Gasteiger partial charge is 0.345 e. The van der Waals surface area contributed by atoms with Crippen LogP contribution in [-0.4, -0.2) is 35.2 Å². The van der Waals surface area contributed by atoms with E-state index >= 15 is 0 Å². The summed E-state index contributed by atoms with van der Waals surface area (Å²) in [6.07, 6.45) is 5.26. The maximum atomic E-state index is 12.6. The molecule has 1 N–H and O–H groups in total. The Balaban J connectivity index is 1.49. The number of benzene rings is 1. The molecule has 3 aromatic heterocycles. The van der Waals surface area contributed by atoms with Gasteiger partial charge in [0.2, 0.25) is 5.82 Å². The van der Waals surface area contributed by atoms with E-state index in [1.807, 2.05) is 48.0 Å². The van der Waals surface area contributed by atoms with Crippen LogP contribution in [0.3, 0.4) is 0 Å². The molecular weight excluding hydrogens is 390 g/mol. The van der Waals surface area contributed by atoms with E-state index in [9.17, 15) is 4.79 Å². The van der Waals surface area contributed by atoms with Crippen LogP contribution >= 0.6 is 11.6 Å². The van der Waals surface area contributed by atoms with Crippen LogP contribution in [0.5, 0.6) is 0 Å². The predicted molar refractivity (Wildman–Crippen MR) is 108 cm³/mol. The number of para-hydroxylation sites is 1. The zero-order chi connectivity index (χ0) is 20.4.